The van der Waals surface area contributed by atoms with E-state index in [1.807, 2.05) is 68.4 Å². The standard InChI is InChI=1S/C24H19ClN2O2/c1-15-7-11-17(12-8-15)22-21(19-5-3-4-6-20(19)25)23(27-29-22)26-24(28)18-13-9-16(2)10-14-18/h3-14H,1-2H3,(H,26,27,28). The Morgan fingerprint density at radius 2 is 1.52 bits per heavy atom. The molecule has 1 aromatic heterocycles. The zero-order chi connectivity index (χ0) is 20.4. The summed E-state index contributed by atoms with van der Waals surface area (Å²) in [4.78, 5) is 12.8. The number of halogens is 1. The Hall–Kier alpha value is -3.37. The molecule has 0 bridgehead atoms. The van der Waals surface area contributed by atoms with Crippen molar-refractivity contribution < 1.29 is 9.32 Å². The first kappa shape index (κ1) is 19.0. The summed E-state index contributed by atoms with van der Waals surface area (Å²) in [5, 5.41) is 7.57. The third-order valence-electron chi connectivity index (χ3n) is 4.69. The van der Waals surface area contributed by atoms with Gasteiger partial charge in [-0.1, -0.05) is 82.5 Å². The zero-order valence-corrected chi connectivity index (χ0v) is 16.8. The summed E-state index contributed by atoms with van der Waals surface area (Å²) in [6.07, 6.45) is 0. The van der Waals surface area contributed by atoms with Crippen LogP contribution in [0.1, 0.15) is 21.5 Å². The number of carbonyl (C=O) groups excluding carboxylic acids is 1. The van der Waals surface area contributed by atoms with Crippen LogP contribution >= 0.6 is 11.6 Å². The number of hydrogen-bond donors (Lipinski definition) is 1. The van der Waals surface area contributed by atoms with Gasteiger partial charge in [0.2, 0.25) is 0 Å². The van der Waals surface area contributed by atoms with E-state index in [1.165, 1.54) is 0 Å². The van der Waals surface area contributed by atoms with Gasteiger partial charge in [-0.2, -0.15) is 0 Å². The van der Waals surface area contributed by atoms with Gasteiger partial charge in [-0.15, -0.1) is 0 Å². The molecule has 29 heavy (non-hydrogen) atoms. The van der Waals surface area contributed by atoms with Gasteiger partial charge in [-0.3, -0.25) is 4.79 Å². The molecule has 0 aliphatic carbocycles. The van der Waals surface area contributed by atoms with Gasteiger partial charge in [0.05, 0.1) is 5.56 Å². The number of anilines is 1. The monoisotopic (exact) mass is 402 g/mol. The van der Waals surface area contributed by atoms with Crippen molar-refractivity contribution in [2.75, 3.05) is 5.32 Å². The number of aryl methyl sites for hydroxylation is 2. The molecular formula is C24H19ClN2O2. The van der Waals surface area contributed by atoms with Crippen molar-refractivity contribution in [3.05, 3.63) is 94.5 Å². The van der Waals surface area contributed by atoms with Crippen LogP contribution in [0.5, 0.6) is 0 Å². The van der Waals surface area contributed by atoms with E-state index in [0.29, 0.717) is 27.7 Å². The highest BCUT2D eigenvalue weighted by Crippen LogP contribution is 2.41. The Morgan fingerprint density at radius 1 is 0.897 bits per heavy atom. The van der Waals surface area contributed by atoms with Crippen LogP contribution in [0.3, 0.4) is 0 Å². The third kappa shape index (κ3) is 3.93. The minimum Gasteiger partial charge on any atom is -0.353 e. The second-order valence-corrected chi connectivity index (χ2v) is 7.31. The van der Waals surface area contributed by atoms with E-state index in [9.17, 15) is 4.79 Å². The van der Waals surface area contributed by atoms with Crippen molar-refractivity contribution in [1.82, 2.24) is 5.16 Å². The molecule has 1 amide bonds. The van der Waals surface area contributed by atoms with Gasteiger partial charge in [-0.25, -0.2) is 0 Å². The zero-order valence-electron chi connectivity index (χ0n) is 16.1. The molecule has 0 unspecified atom stereocenters. The first-order valence-electron chi connectivity index (χ1n) is 9.22. The van der Waals surface area contributed by atoms with Crippen LogP contribution in [-0.2, 0) is 0 Å². The quantitative estimate of drug-likeness (QED) is 0.422. The Morgan fingerprint density at radius 3 is 2.17 bits per heavy atom. The SMILES string of the molecule is Cc1ccc(C(=O)Nc2noc(-c3ccc(C)cc3)c2-c2ccccc2Cl)cc1. The highest BCUT2D eigenvalue weighted by molar-refractivity contribution is 6.33. The van der Waals surface area contributed by atoms with E-state index in [1.54, 1.807) is 18.2 Å². The molecule has 0 saturated carbocycles. The highest BCUT2D eigenvalue weighted by Gasteiger charge is 2.23. The van der Waals surface area contributed by atoms with Gasteiger partial charge in [0.1, 0.15) is 0 Å². The summed E-state index contributed by atoms with van der Waals surface area (Å²) in [6.45, 7) is 4.00. The number of carbonyl (C=O) groups is 1. The Labute approximate surface area is 174 Å². The Balaban J connectivity index is 1.80. The molecule has 0 aliphatic rings. The van der Waals surface area contributed by atoms with Crippen LogP contribution in [0, 0.1) is 13.8 Å². The molecule has 0 fully saturated rings. The average molecular weight is 403 g/mol. The van der Waals surface area contributed by atoms with E-state index < -0.39 is 0 Å². The van der Waals surface area contributed by atoms with Gasteiger partial charge in [0.15, 0.2) is 11.6 Å². The lowest BCUT2D eigenvalue weighted by Gasteiger charge is -2.08. The molecule has 0 atom stereocenters. The summed E-state index contributed by atoms with van der Waals surface area (Å²) in [7, 11) is 0. The van der Waals surface area contributed by atoms with E-state index in [0.717, 1.165) is 22.3 Å². The first-order chi connectivity index (χ1) is 14.0. The molecule has 0 spiro atoms. The minimum atomic E-state index is -0.262. The van der Waals surface area contributed by atoms with Gasteiger partial charge in [-0.05, 0) is 32.0 Å². The maximum absolute atomic E-state index is 12.8. The summed E-state index contributed by atoms with van der Waals surface area (Å²) in [5.74, 6) is 0.624. The van der Waals surface area contributed by atoms with Gasteiger partial charge in [0, 0.05) is 21.7 Å². The molecule has 0 saturated heterocycles. The molecule has 1 heterocycles. The van der Waals surface area contributed by atoms with Crippen molar-refractivity contribution in [1.29, 1.82) is 0 Å². The van der Waals surface area contributed by atoms with Crippen molar-refractivity contribution >= 4 is 23.3 Å². The molecule has 4 aromatic rings. The van der Waals surface area contributed by atoms with Crippen molar-refractivity contribution in [3.63, 3.8) is 0 Å². The molecule has 0 radical (unpaired) electrons. The molecule has 144 valence electrons. The molecule has 3 aromatic carbocycles. The lowest BCUT2D eigenvalue weighted by Crippen LogP contribution is -2.12. The Kier molecular flexibility index (Phi) is 5.19. The molecule has 5 heteroatoms. The first-order valence-corrected chi connectivity index (χ1v) is 9.60. The maximum atomic E-state index is 12.8. The number of nitrogens with one attached hydrogen (secondary N) is 1. The number of benzene rings is 3. The molecular weight excluding hydrogens is 384 g/mol. The van der Waals surface area contributed by atoms with Crippen molar-refractivity contribution in [2.45, 2.75) is 13.8 Å². The molecule has 4 nitrogen and oxygen atoms in total. The van der Waals surface area contributed by atoms with Gasteiger partial charge in [0.25, 0.3) is 5.91 Å². The van der Waals surface area contributed by atoms with Crippen LogP contribution in [-0.4, -0.2) is 11.1 Å². The van der Waals surface area contributed by atoms with Crippen LogP contribution in [0.25, 0.3) is 22.5 Å². The minimum absolute atomic E-state index is 0.262. The highest BCUT2D eigenvalue weighted by atomic mass is 35.5. The van der Waals surface area contributed by atoms with Crippen molar-refractivity contribution in [2.24, 2.45) is 0 Å². The topological polar surface area (TPSA) is 55.1 Å². The second kappa shape index (κ2) is 7.94. The normalized spacial score (nSPS) is 10.7. The summed E-state index contributed by atoms with van der Waals surface area (Å²) >= 11 is 6.46. The lowest BCUT2D eigenvalue weighted by atomic mass is 10.0. The predicted molar refractivity (Wildman–Crippen MR) is 116 cm³/mol. The smallest absolute Gasteiger partial charge is 0.256 e. The average Bonchev–Trinajstić information content (AvgIpc) is 3.12. The van der Waals surface area contributed by atoms with Gasteiger partial charge < -0.3 is 9.84 Å². The van der Waals surface area contributed by atoms with Crippen molar-refractivity contribution in [3.8, 4) is 22.5 Å². The van der Waals surface area contributed by atoms with E-state index in [4.69, 9.17) is 16.1 Å². The molecule has 4 rings (SSSR count). The lowest BCUT2D eigenvalue weighted by molar-refractivity contribution is 0.102. The summed E-state index contributed by atoms with van der Waals surface area (Å²) in [6, 6.07) is 22.7. The summed E-state index contributed by atoms with van der Waals surface area (Å²) < 4.78 is 5.66. The molecule has 0 aliphatic heterocycles. The number of hydrogen-bond acceptors (Lipinski definition) is 3. The van der Waals surface area contributed by atoms with E-state index in [2.05, 4.69) is 10.5 Å². The fourth-order valence-corrected chi connectivity index (χ4v) is 3.31. The van der Waals surface area contributed by atoms with Crippen LogP contribution in [0.15, 0.2) is 77.3 Å². The third-order valence-corrected chi connectivity index (χ3v) is 5.02. The number of aromatic nitrogens is 1. The second-order valence-electron chi connectivity index (χ2n) is 6.90. The van der Waals surface area contributed by atoms with E-state index >= 15 is 0 Å². The fraction of sp³-hybridized carbons (Fsp3) is 0.0833. The van der Waals surface area contributed by atoms with Gasteiger partial charge >= 0.3 is 0 Å². The predicted octanol–water partition coefficient (Wildman–Crippen LogP) is 6.53. The van der Waals surface area contributed by atoms with Crippen LogP contribution in [0.4, 0.5) is 5.82 Å². The Bertz CT molecular complexity index is 1160. The van der Waals surface area contributed by atoms with Crippen LogP contribution in [0.2, 0.25) is 5.02 Å². The van der Waals surface area contributed by atoms with E-state index in [-0.39, 0.29) is 5.91 Å². The number of nitrogens with zero attached hydrogens (tertiary/aromatic N) is 1. The molecule has 1 N–H and O–H groups in total. The van der Waals surface area contributed by atoms with Crippen LogP contribution < -0.4 is 5.32 Å². The number of amides is 1. The maximum Gasteiger partial charge on any atom is 0.256 e. The fourth-order valence-electron chi connectivity index (χ4n) is 3.08. The number of rotatable bonds is 4. The largest absolute Gasteiger partial charge is 0.353 e. The summed E-state index contributed by atoms with van der Waals surface area (Å²) in [5.41, 5.74) is 5.02.